The van der Waals surface area contributed by atoms with Gasteiger partial charge in [-0.2, -0.15) is 0 Å². The van der Waals surface area contributed by atoms with Gasteiger partial charge in [0, 0.05) is 5.56 Å². The van der Waals surface area contributed by atoms with E-state index in [0.29, 0.717) is 5.15 Å². The van der Waals surface area contributed by atoms with Gasteiger partial charge in [-0.15, -0.1) is 10.2 Å². The van der Waals surface area contributed by atoms with Crippen LogP contribution in [-0.4, -0.2) is 17.3 Å². The number of halogens is 1. The second kappa shape index (κ2) is 5.17. The number of methoxy groups -OCH3 is 1. The van der Waals surface area contributed by atoms with E-state index in [9.17, 15) is 0 Å². The molecule has 0 aliphatic heterocycles. The number of ether oxygens (including phenoxy) is 1. The molecular formula is C15H17ClN2O. The largest absolute Gasteiger partial charge is 0.496 e. The van der Waals surface area contributed by atoms with Crippen LogP contribution in [0.1, 0.15) is 22.3 Å². The number of benzene rings is 1. The second-order valence-electron chi connectivity index (χ2n) is 4.68. The molecule has 0 spiro atoms. The molecule has 0 fully saturated rings. The zero-order valence-electron chi connectivity index (χ0n) is 11.8. The zero-order valence-corrected chi connectivity index (χ0v) is 12.6. The van der Waals surface area contributed by atoms with Gasteiger partial charge >= 0.3 is 0 Å². The van der Waals surface area contributed by atoms with Crippen molar-refractivity contribution in [2.75, 3.05) is 7.11 Å². The van der Waals surface area contributed by atoms with Crippen LogP contribution in [0.5, 0.6) is 5.75 Å². The Hall–Kier alpha value is -1.61. The van der Waals surface area contributed by atoms with Gasteiger partial charge in [0.1, 0.15) is 5.75 Å². The van der Waals surface area contributed by atoms with Gasteiger partial charge in [-0.25, -0.2) is 0 Å². The molecule has 3 nitrogen and oxygen atoms in total. The van der Waals surface area contributed by atoms with Crippen LogP contribution in [0.2, 0.25) is 5.15 Å². The molecule has 0 saturated carbocycles. The van der Waals surface area contributed by atoms with Crippen LogP contribution in [0.4, 0.5) is 0 Å². The topological polar surface area (TPSA) is 35.0 Å². The van der Waals surface area contributed by atoms with E-state index in [1.807, 2.05) is 26.8 Å². The first-order valence-electron chi connectivity index (χ1n) is 6.11. The van der Waals surface area contributed by atoms with Crippen LogP contribution in [0.25, 0.3) is 11.3 Å². The number of hydrogen-bond acceptors (Lipinski definition) is 3. The third kappa shape index (κ3) is 2.30. The Labute approximate surface area is 118 Å². The van der Waals surface area contributed by atoms with Gasteiger partial charge in [0.05, 0.1) is 12.8 Å². The van der Waals surface area contributed by atoms with E-state index in [0.717, 1.165) is 33.7 Å². The molecule has 19 heavy (non-hydrogen) atoms. The summed E-state index contributed by atoms with van der Waals surface area (Å²) in [7, 11) is 1.68. The molecule has 0 unspecified atom stereocenters. The van der Waals surface area contributed by atoms with Crippen molar-refractivity contribution in [1.29, 1.82) is 0 Å². The molecule has 2 aromatic rings. The normalized spacial score (nSPS) is 10.6. The van der Waals surface area contributed by atoms with E-state index < -0.39 is 0 Å². The number of aryl methyl sites for hydroxylation is 1. The lowest BCUT2D eigenvalue weighted by molar-refractivity contribution is 0.412. The Bertz CT molecular complexity index is 639. The molecule has 1 heterocycles. The van der Waals surface area contributed by atoms with Crippen molar-refractivity contribution in [2.24, 2.45) is 0 Å². The summed E-state index contributed by atoms with van der Waals surface area (Å²) in [4.78, 5) is 0. The Morgan fingerprint density at radius 3 is 2.26 bits per heavy atom. The average Bonchev–Trinajstić information content (AvgIpc) is 2.40. The maximum absolute atomic E-state index is 6.00. The minimum atomic E-state index is 0.448. The fourth-order valence-corrected chi connectivity index (χ4v) is 2.25. The third-order valence-electron chi connectivity index (χ3n) is 3.60. The SMILES string of the molecule is COc1c(-c2nnc(Cl)c(C)c2C)ccc(C)c1C. The smallest absolute Gasteiger partial charge is 0.154 e. The summed E-state index contributed by atoms with van der Waals surface area (Å²) in [5.41, 5.74) is 6.07. The molecule has 2 rings (SSSR count). The average molecular weight is 277 g/mol. The van der Waals surface area contributed by atoms with Gasteiger partial charge in [0.25, 0.3) is 0 Å². The molecule has 0 aliphatic rings. The highest BCUT2D eigenvalue weighted by Gasteiger charge is 2.16. The van der Waals surface area contributed by atoms with Crippen LogP contribution < -0.4 is 4.74 Å². The molecule has 100 valence electrons. The highest BCUT2D eigenvalue weighted by Crippen LogP contribution is 2.36. The highest BCUT2D eigenvalue weighted by molar-refractivity contribution is 6.30. The number of hydrogen-bond donors (Lipinski definition) is 0. The minimum Gasteiger partial charge on any atom is -0.496 e. The molecule has 0 saturated heterocycles. The fourth-order valence-electron chi connectivity index (χ4n) is 2.07. The summed E-state index contributed by atoms with van der Waals surface area (Å²) in [6.45, 7) is 8.06. The summed E-state index contributed by atoms with van der Waals surface area (Å²) < 4.78 is 5.54. The number of rotatable bonds is 2. The molecular weight excluding hydrogens is 260 g/mol. The fraction of sp³-hybridized carbons (Fsp3) is 0.333. The summed E-state index contributed by atoms with van der Waals surface area (Å²) >= 11 is 6.00. The lowest BCUT2D eigenvalue weighted by atomic mass is 9.98. The molecule has 0 atom stereocenters. The quantitative estimate of drug-likeness (QED) is 0.830. The van der Waals surface area contributed by atoms with Crippen molar-refractivity contribution in [2.45, 2.75) is 27.7 Å². The summed E-state index contributed by atoms with van der Waals surface area (Å²) in [6, 6.07) is 4.09. The molecule has 0 radical (unpaired) electrons. The first kappa shape index (κ1) is 13.8. The van der Waals surface area contributed by atoms with Crippen molar-refractivity contribution in [3.05, 3.63) is 39.5 Å². The van der Waals surface area contributed by atoms with Gasteiger partial charge in [0.15, 0.2) is 5.15 Å². The van der Waals surface area contributed by atoms with Gasteiger partial charge < -0.3 is 4.74 Å². The first-order chi connectivity index (χ1) is 8.97. The predicted octanol–water partition coefficient (Wildman–Crippen LogP) is 4.04. The molecule has 0 N–H and O–H groups in total. The Kier molecular flexibility index (Phi) is 3.76. The molecule has 1 aromatic heterocycles. The van der Waals surface area contributed by atoms with Crippen molar-refractivity contribution in [3.63, 3.8) is 0 Å². The Morgan fingerprint density at radius 1 is 0.947 bits per heavy atom. The summed E-state index contributed by atoms with van der Waals surface area (Å²) in [5.74, 6) is 0.846. The van der Waals surface area contributed by atoms with Crippen LogP contribution in [-0.2, 0) is 0 Å². The zero-order chi connectivity index (χ0) is 14.2. The van der Waals surface area contributed by atoms with Crippen LogP contribution in [0.3, 0.4) is 0 Å². The molecule has 0 bridgehead atoms. The number of aromatic nitrogens is 2. The van der Waals surface area contributed by atoms with E-state index in [1.165, 1.54) is 5.56 Å². The summed E-state index contributed by atoms with van der Waals surface area (Å²) in [6.07, 6.45) is 0. The van der Waals surface area contributed by atoms with E-state index in [2.05, 4.69) is 23.2 Å². The molecule has 4 heteroatoms. The molecule has 1 aromatic carbocycles. The predicted molar refractivity (Wildman–Crippen MR) is 78.0 cm³/mol. The molecule has 0 amide bonds. The van der Waals surface area contributed by atoms with Gasteiger partial charge in [0.2, 0.25) is 0 Å². The van der Waals surface area contributed by atoms with E-state index in [1.54, 1.807) is 7.11 Å². The van der Waals surface area contributed by atoms with Crippen LogP contribution in [0.15, 0.2) is 12.1 Å². The Morgan fingerprint density at radius 2 is 1.63 bits per heavy atom. The maximum Gasteiger partial charge on any atom is 0.154 e. The number of nitrogens with zero attached hydrogens (tertiary/aromatic N) is 2. The lowest BCUT2D eigenvalue weighted by Crippen LogP contribution is -2.00. The van der Waals surface area contributed by atoms with E-state index in [4.69, 9.17) is 16.3 Å². The third-order valence-corrected chi connectivity index (χ3v) is 3.96. The van der Waals surface area contributed by atoms with Crippen LogP contribution in [0, 0.1) is 27.7 Å². The van der Waals surface area contributed by atoms with Crippen molar-refractivity contribution in [1.82, 2.24) is 10.2 Å². The standard InChI is InChI=1S/C15H17ClN2O/c1-8-6-7-12(14(19-5)9(8)2)13-10(3)11(4)15(16)18-17-13/h6-7H,1-5H3. The second-order valence-corrected chi connectivity index (χ2v) is 5.04. The minimum absolute atomic E-state index is 0.448. The van der Waals surface area contributed by atoms with Gasteiger partial charge in [-0.3, -0.25) is 0 Å². The first-order valence-corrected chi connectivity index (χ1v) is 6.49. The summed E-state index contributed by atoms with van der Waals surface area (Å²) in [5, 5.41) is 8.68. The van der Waals surface area contributed by atoms with E-state index in [-0.39, 0.29) is 0 Å². The Balaban J connectivity index is 2.73. The maximum atomic E-state index is 6.00. The van der Waals surface area contributed by atoms with Crippen molar-refractivity contribution in [3.8, 4) is 17.0 Å². The van der Waals surface area contributed by atoms with Gasteiger partial charge in [-0.1, -0.05) is 17.7 Å². The lowest BCUT2D eigenvalue weighted by Gasteiger charge is -2.15. The highest BCUT2D eigenvalue weighted by atomic mass is 35.5. The van der Waals surface area contributed by atoms with Crippen molar-refractivity contribution >= 4 is 11.6 Å². The van der Waals surface area contributed by atoms with Crippen LogP contribution >= 0.6 is 11.6 Å². The van der Waals surface area contributed by atoms with Crippen molar-refractivity contribution < 1.29 is 4.74 Å². The van der Waals surface area contributed by atoms with E-state index >= 15 is 0 Å². The monoisotopic (exact) mass is 276 g/mol. The molecule has 0 aliphatic carbocycles. The van der Waals surface area contributed by atoms with Gasteiger partial charge in [-0.05, 0) is 56.0 Å².